The van der Waals surface area contributed by atoms with Crippen LogP contribution in [0.4, 0.5) is 0 Å². The SMILES string of the molecule is Cc1cccc(C(=O)NCCc2nc3ccccc3n2Cc2ccccc2C)c1. The van der Waals surface area contributed by atoms with Crippen LogP contribution in [-0.4, -0.2) is 22.0 Å². The summed E-state index contributed by atoms with van der Waals surface area (Å²) >= 11 is 0. The molecule has 0 bridgehead atoms. The third-order valence-electron chi connectivity index (χ3n) is 5.24. The third kappa shape index (κ3) is 4.21. The number of carbonyl (C=O) groups excluding carboxylic acids is 1. The van der Waals surface area contributed by atoms with E-state index in [1.165, 1.54) is 11.1 Å². The van der Waals surface area contributed by atoms with Gasteiger partial charge in [0, 0.05) is 25.1 Å². The fourth-order valence-electron chi connectivity index (χ4n) is 3.63. The number of hydrogen-bond donors (Lipinski definition) is 1. The van der Waals surface area contributed by atoms with Gasteiger partial charge >= 0.3 is 0 Å². The Bertz CT molecular complexity index is 1160. The van der Waals surface area contributed by atoms with Crippen molar-refractivity contribution in [2.24, 2.45) is 0 Å². The Labute approximate surface area is 171 Å². The molecule has 1 aromatic heterocycles. The Hall–Kier alpha value is -3.40. The minimum Gasteiger partial charge on any atom is -0.352 e. The molecule has 146 valence electrons. The molecule has 1 amide bonds. The van der Waals surface area contributed by atoms with Crippen molar-refractivity contribution in [2.75, 3.05) is 6.54 Å². The van der Waals surface area contributed by atoms with Gasteiger partial charge in [-0.3, -0.25) is 4.79 Å². The third-order valence-corrected chi connectivity index (χ3v) is 5.24. The molecule has 29 heavy (non-hydrogen) atoms. The molecule has 0 radical (unpaired) electrons. The lowest BCUT2D eigenvalue weighted by Crippen LogP contribution is -2.26. The van der Waals surface area contributed by atoms with E-state index in [4.69, 9.17) is 4.98 Å². The lowest BCUT2D eigenvalue weighted by molar-refractivity contribution is 0.0954. The van der Waals surface area contributed by atoms with Crippen LogP contribution >= 0.6 is 0 Å². The van der Waals surface area contributed by atoms with Crippen LogP contribution in [0.5, 0.6) is 0 Å². The summed E-state index contributed by atoms with van der Waals surface area (Å²) in [4.78, 5) is 17.3. The van der Waals surface area contributed by atoms with Crippen molar-refractivity contribution in [1.82, 2.24) is 14.9 Å². The average Bonchev–Trinajstić information content (AvgIpc) is 3.07. The molecule has 0 aliphatic rings. The van der Waals surface area contributed by atoms with Crippen LogP contribution in [0.25, 0.3) is 11.0 Å². The van der Waals surface area contributed by atoms with Gasteiger partial charge in [0.2, 0.25) is 0 Å². The first kappa shape index (κ1) is 18.9. The minimum absolute atomic E-state index is 0.0461. The predicted molar refractivity (Wildman–Crippen MR) is 117 cm³/mol. The zero-order chi connectivity index (χ0) is 20.2. The van der Waals surface area contributed by atoms with Gasteiger partial charge in [-0.05, 0) is 49.2 Å². The molecule has 0 atom stereocenters. The molecule has 0 fully saturated rings. The number of aryl methyl sites for hydroxylation is 2. The second kappa shape index (κ2) is 8.31. The van der Waals surface area contributed by atoms with E-state index in [2.05, 4.69) is 47.1 Å². The van der Waals surface area contributed by atoms with Crippen LogP contribution in [0.1, 0.15) is 32.9 Å². The molecule has 0 saturated carbocycles. The number of fused-ring (bicyclic) bond motifs is 1. The monoisotopic (exact) mass is 383 g/mol. The lowest BCUT2D eigenvalue weighted by atomic mass is 10.1. The van der Waals surface area contributed by atoms with E-state index in [0.717, 1.165) is 29.0 Å². The average molecular weight is 383 g/mol. The number of nitrogens with one attached hydrogen (secondary N) is 1. The summed E-state index contributed by atoms with van der Waals surface area (Å²) in [5, 5.41) is 3.03. The number of amides is 1. The Balaban J connectivity index is 1.54. The summed E-state index contributed by atoms with van der Waals surface area (Å²) < 4.78 is 2.26. The number of nitrogens with zero attached hydrogens (tertiary/aromatic N) is 2. The van der Waals surface area contributed by atoms with Gasteiger partial charge in [-0.15, -0.1) is 0 Å². The molecule has 4 aromatic rings. The zero-order valence-electron chi connectivity index (χ0n) is 16.9. The van der Waals surface area contributed by atoms with Gasteiger partial charge in [-0.25, -0.2) is 4.98 Å². The maximum absolute atomic E-state index is 12.4. The number of para-hydroxylation sites is 2. The molecule has 0 spiro atoms. The van der Waals surface area contributed by atoms with E-state index in [1.807, 2.05) is 49.4 Å². The summed E-state index contributed by atoms with van der Waals surface area (Å²) in [5.74, 6) is 0.939. The summed E-state index contributed by atoms with van der Waals surface area (Å²) in [6, 6.07) is 24.3. The minimum atomic E-state index is -0.0461. The van der Waals surface area contributed by atoms with Crippen molar-refractivity contribution >= 4 is 16.9 Å². The van der Waals surface area contributed by atoms with Gasteiger partial charge < -0.3 is 9.88 Å². The highest BCUT2D eigenvalue weighted by molar-refractivity contribution is 5.94. The Morgan fingerprint density at radius 2 is 1.76 bits per heavy atom. The largest absolute Gasteiger partial charge is 0.352 e. The van der Waals surface area contributed by atoms with Crippen molar-refractivity contribution in [3.05, 3.63) is 101 Å². The molecule has 3 aromatic carbocycles. The van der Waals surface area contributed by atoms with Gasteiger partial charge in [-0.1, -0.05) is 54.1 Å². The molecule has 0 aliphatic carbocycles. The van der Waals surface area contributed by atoms with E-state index in [-0.39, 0.29) is 5.91 Å². The summed E-state index contributed by atoms with van der Waals surface area (Å²) in [6.45, 7) is 5.44. The molecule has 1 heterocycles. The Kier molecular flexibility index (Phi) is 5.43. The van der Waals surface area contributed by atoms with Gasteiger partial charge in [0.1, 0.15) is 5.82 Å². The zero-order valence-corrected chi connectivity index (χ0v) is 16.9. The summed E-state index contributed by atoms with van der Waals surface area (Å²) in [5.41, 5.74) is 6.43. The molecule has 4 nitrogen and oxygen atoms in total. The molecular formula is C25H25N3O. The van der Waals surface area contributed by atoms with E-state index in [1.54, 1.807) is 0 Å². The smallest absolute Gasteiger partial charge is 0.251 e. The maximum atomic E-state index is 12.4. The van der Waals surface area contributed by atoms with Crippen LogP contribution in [0, 0.1) is 13.8 Å². The van der Waals surface area contributed by atoms with Crippen LogP contribution < -0.4 is 5.32 Å². The summed E-state index contributed by atoms with van der Waals surface area (Å²) in [7, 11) is 0. The second-order valence-electron chi connectivity index (χ2n) is 7.40. The molecular weight excluding hydrogens is 358 g/mol. The van der Waals surface area contributed by atoms with E-state index >= 15 is 0 Å². The fraction of sp³-hybridized carbons (Fsp3) is 0.200. The van der Waals surface area contributed by atoms with Crippen molar-refractivity contribution in [3.8, 4) is 0 Å². The molecule has 0 saturated heterocycles. The first-order valence-electron chi connectivity index (χ1n) is 9.95. The van der Waals surface area contributed by atoms with Crippen LogP contribution in [-0.2, 0) is 13.0 Å². The van der Waals surface area contributed by atoms with Crippen LogP contribution in [0.2, 0.25) is 0 Å². The van der Waals surface area contributed by atoms with Gasteiger partial charge in [0.15, 0.2) is 0 Å². The van der Waals surface area contributed by atoms with E-state index in [0.29, 0.717) is 18.5 Å². The van der Waals surface area contributed by atoms with Crippen LogP contribution in [0.3, 0.4) is 0 Å². The van der Waals surface area contributed by atoms with Gasteiger partial charge in [0.25, 0.3) is 5.91 Å². The number of aromatic nitrogens is 2. The fourth-order valence-corrected chi connectivity index (χ4v) is 3.63. The predicted octanol–water partition coefficient (Wildman–Crippen LogP) is 4.67. The number of rotatable bonds is 6. The summed E-state index contributed by atoms with van der Waals surface area (Å²) in [6.07, 6.45) is 0.679. The molecule has 4 rings (SSSR count). The van der Waals surface area contributed by atoms with Gasteiger partial charge in [-0.2, -0.15) is 0 Å². The highest BCUT2D eigenvalue weighted by Gasteiger charge is 2.12. The quantitative estimate of drug-likeness (QED) is 0.526. The van der Waals surface area contributed by atoms with Crippen LogP contribution in [0.15, 0.2) is 72.8 Å². The first-order valence-corrected chi connectivity index (χ1v) is 9.95. The maximum Gasteiger partial charge on any atom is 0.251 e. The standard InChI is InChI=1S/C25H25N3O/c1-18-8-7-11-20(16-18)25(29)26-15-14-24-27-22-12-5-6-13-23(22)28(24)17-21-10-4-3-9-19(21)2/h3-13,16H,14-15,17H2,1-2H3,(H,26,29). The first-order chi connectivity index (χ1) is 14.1. The number of hydrogen-bond acceptors (Lipinski definition) is 2. The number of benzene rings is 3. The molecule has 4 heteroatoms. The van der Waals surface area contributed by atoms with E-state index < -0.39 is 0 Å². The van der Waals surface area contributed by atoms with Gasteiger partial charge in [0.05, 0.1) is 11.0 Å². The van der Waals surface area contributed by atoms with Crippen molar-refractivity contribution in [1.29, 1.82) is 0 Å². The topological polar surface area (TPSA) is 46.9 Å². The normalized spacial score (nSPS) is 11.0. The second-order valence-corrected chi connectivity index (χ2v) is 7.40. The van der Waals surface area contributed by atoms with Crippen molar-refractivity contribution < 1.29 is 4.79 Å². The van der Waals surface area contributed by atoms with Crippen molar-refractivity contribution in [2.45, 2.75) is 26.8 Å². The highest BCUT2D eigenvalue weighted by atomic mass is 16.1. The highest BCUT2D eigenvalue weighted by Crippen LogP contribution is 2.19. The molecule has 0 aliphatic heterocycles. The molecule has 1 N–H and O–H groups in total. The number of carbonyl (C=O) groups is 1. The number of imidazole rings is 1. The lowest BCUT2D eigenvalue weighted by Gasteiger charge is -2.12. The Morgan fingerprint density at radius 3 is 2.59 bits per heavy atom. The van der Waals surface area contributed by atoms with E-state index in [9.17, 15) is 4.79 Å². The van der Waals surface area contributed by atoms with Crippen molar-refractivity contribution in [3.63, 3.8) is 0 Å². The Morgan fingerprint density at radius 1 is 0.966 bits per heavy atom. The molecule has 0 unspecified atom stereocenters.